The Morgan fingerprint density at radius 3 is 2.81 bits per heavy atom. The summed E-state index contributed by atoms with van der Waals surface area (Å²) >= 11 is 0. The molecule has 0 saturated carbocycles. The van der Waals surface area contributed by atoms with Gasteiger partial charge in [0.05, 0.1) is 35.6 Å². The zero-order valence-electron chi connectivity index (χ0n) is 20.5. The molecule has 4 aromatic heterocycles. The highest BCUT2D eigenvalue weighted by atomic mass is 16.5. The monoisotopic (exact) mass is 484 g/mol. The van der Waals surface area contributed by atoms with Crippen LogP contribution in [0.4, 0.5) is 5.82 Å². The Morgan fingerprint density at radius 2 is 2.08 bits per heavy atom. The number of rotatable bonds is 7. The number of pyridine rings is 3. The first kappa shape index (κ1) is 23.6. The van der Waals surface area contributed by atoms with Crippen molar-refractivity contribution in [2.75, 3.05) is 24.6 Å². The minimum Gasteiger partial charge on any atom is -0.489 e. The first-order valence-corrected chi connectivity index (χ1v) is 11.9. The van der Waals surface area contributed by atoms with Crippen LogP contribution in [0.1, 0.15) is 31.5 Å². The highest BCUT2D eigenvalue weighted by Gasteiger charge is 2.25. The summed E-state index contributed by atoms with van der Waals surface area (Å²) in [6, 6.07) is 13.8. The molecule has 1 saturated heterocycles. The van der Waals surface area contributed by atoms with Crippen molar-refractivity contribution >= 4 is 11.3 Å². The number of hydrogen-bond donors (Lipinski definition) is 1. The Bertz CT molecular complexity index is 1420. The van der Waals surface area contributed by atoms with Crippen molar-refractivity contribution in [2.45, 2.75) is 38.9 Å². The van der Waals surface area contributed by atoms with Crippen LogP contribution in [0.3, 0.4) is 0 Å². The number of ether oxygens (including phenoxy) is 2. The summed E-state index contributed by atoms with van der Waals surface area (Å²) in [6.45, 7) is 7.01. The molecule has 1 fully saturated rings. The molecule has 5 heterocycles. The summed E-state index contributed by atoms with van der Waals surface area (Å²) in [5.74, 6) is 2.05. The number of aromatic nitrogens is 4. The predicted octanol–water partition coefficient (Wildman–Crippen LogP) is 3.78. The second-order valence-electron chi connectivity index (χ2n) is 9.65. The first-order valence-electron chi connectivity index (χ1n) is 11.9. The van der Waals surface area contributed by atoms with Crippen LogP contribution < -0.4 is 14.4 Å². The average Bonchev–Trinajstić information content (AvgIpc) is 3.49. The summed E-state index contributed by atoms with van der Waals surface area (Å²) < 4.78 is 13.5. The molecule has 1 atom stereocenters. The molecule has 0 aliphatic carbocycles. The number of hydrogen-bond acceptors (Lipinski definition) is 8. The summed E-state index contributed by atoms with van der Waals surface area (Å²) in [5.41, 5.74) is 2.72. The second kappa shape index (κ2) is 9.47. The molecule has 0 aromatic carbocycles. The normalized spacial score (nSPS) is 15.8. The highest BCUT2D eigenvalue weighted by molar-refractivity contribution is 5.85. The van der Waals surface area contributed by atoms with Gasteiger partial charge < -0.3 is 19.5 Å². The van der Waals surface area contributed by atoms with Gasteiger partial charge in [-0.3, -0.25) is 0 Å². The molecule has 4 aromatic rings. The van der Waals surface area contributed by atoms with E-state index in [9.17, 15) is 10.4 Å². The zero-order valence-corrected chi connectivity index (χ0v) is 20.5. The number of anilines is 1. The molecule has 184 valence electrons. The molecule has 0 amide bonds. The fraction of sp³-hybridized carbons (Fsp3) is 0.333. The third-order valence-electron chi connectivity index (χ3n) is 5.98. The third-order valence-corrected chi connectivity index (χ3v) is 5.98. The lowest BCUT2D eigenvalue weighted by atomic mass is 10.1. The molecule has 0 spiro atoms. The molecular formula is C27H28N6O3. The van der Waals surface area contributed by atoms with E-state index in [0.717, 1.165) is 42.1 Å². The average molecular weight is 485 g/mol. The van der Waals surface area contributed by atoms with E-state index in [1.54, 1.807) is 30.8 Å². The zero-order chi connectivity index (χ0) is 25.3. The lowest BCUT2D eigenvalue weighted by Gasteiger charge is -2.19. The molecule has 9 heteroatoms. The highest BCUT2D eigenvalue weighted by Crippen LogP contribution is 2.32. The van der Waals surface area contributed by atoms with Gasteiger partial charge in [0, 0.05) is 42.0 Å². The molecule has 36 heavy (non-hydrogen) atoms. The Morgan fingerprint density at radius 1 is 1.22 bits per heavy atom. The van der Waals surface area contributed by atoms with E-state index in [1.807, 2.05) is 43.3 Å². The second-order valence-corrected chi connectivity index (χ2v) is 9.65. The Hall–Kier alpha value is -4.16. The Labute approximate surface area is 209 Å². The van der Waals surface area contributed by atoms with Crippen molar-refractivity contribution in [3.63, 3.8) is 0 Å². The standard InChI is InChI=1S/C27H28N6O3/c1-18-5-4-6-25(31-18)36-21-9-10-32(15-21)24-8-7-19(13-29-24)23-11-22(35-17-27(2,3)34)16-33-26(23)20(12-28)14-30-33/h4-8,11,13-14,16,21,34H,9-10,15,17H2,1-3H3/t21-/m0/s1. The van der Waals surface area contributed by atoms with Gasteiger partial charge in [-0.15, -0.1) is 0 Å². The minimum absolute atomic E-state index is 0.0509. The van der Waals surface area contributed by atoms with E-state index in [2.05, 4.69) is 21.1 Å². The van der Waals surface area contributed by atoms with Crippen LogP contribution in [-0.4, -0.2) is 56.1 Å². The lowest BCUT2D eigenvalue weighted by molar-refractivity contribution is 0.0283. The molecule has 1 aliphatic rings. The number of fused-ring (bicyclic) bond motifs is 1. The molecule has 1 aliphatic heterocycles. The van der Waals surface area contributed by atoms with Crippen LogP contribution in [0.25, 0.3) is 16.6 Å². The summed E-state index contributed by atoms with van der Waals surface area (Å²) in [6.07, 6.45) is 5.99. The van der Waals surface area contributed by atoms with Gasteiger partial charge >= 0.3 is 0 Å². The van der Waals surface area contributed by atoms with Crippen molar-refractivity contribution in [3.8, 4) is 28.8 Å². The maximum absolute atomic E-state index is 10.1. The van der Waals surface area contributed by atoms with Crippen LogP contribution in [-0.2, 0) is 0 Å². The lowest BCUT2D eigenvalue weighted by Crippen LogP contribution is -2.27. The van der Waals surface area contributed by atoms with Gasteiger partial charge in [-0.05, 0) is 45.0 Å². The van der Waals surface area contributed by atoms with E-state index in [1.165, 1.54) is 6.20 Å². The van der Waals surface area contributed by atoms with Crippen molar-refractivity contribution in [1.82, 2.24) is 19.6 Å². The van der Waals surface area contributed by atoms with E-state index in [-0.39, 0.29) is 12.7 Å². The van der Waals surface area contributed by atoms with Crippen LogP contribution >= 0.6 is 0 Å². The number of aliphatic hydroxyl groups is 1. The molecule has 0 unspecified atom stereocenters. The first-order chi connectivity index (χ1) is 17.3. The van der Waals surface area contributed by atoms with Crippen LogP contribution in [0.2, 0.25) is 0 Å². The topological polar surface area (TPSA) is 109 Å². The summed E-state index contributed by atoms with van der Waals surface area (Å²) in [7, 11) is 0. The SMILES string of the molecule is Cc1cccc(O[C@H]2CCN(c3ccc(-c4cc(OCC(C)(C)O)cn5ncc(C#N)c45)cn3)C2)n1. The predicted molar refractivity (Wildman–Crippen MR) is 135 cm³/mol. The van der Waals surface area contributed by atoms with Crippen molar-refractivity contribution in [1.29, 1.82) is 5.26 Å². The maximum atomic E-state index is 10.1. The molecule has 0 radical (unpaired) electrons. The summed E-state index contributed by atoms with van der Waals surface area (Å²) in [4.78, 5) is 11.3. The van der Waals surface area contributed by atoms with Gasteiger partial charge in [-0.1, -0.05) is 6.07 Å². The smallest absolute Gasteiger partial charge is 0.213 e. The van der Waals surface area contributed by atoms with E-state index in [4.69, 9.17) is 14.5 Å². The Kier molecular flexibility index (Phi) is 6.20. The van der Waals surface area contributed by atoms with Crippen LogP contribution in [0, 0.1) is 18.3 Å². The molecule has 9 nitrogen and oxygen atoms in total. The van der Waals surface area contributed by atoms with E-state index < -0.39 is 5.60 Å². The quantitative estimate of drug-likeness (QED) is 0.422. The minimum atomic E-state index is -0.979. The molecule has 0 bridgehead atoms. The van der Waals surface area contributed by atoms with E-state index >= 15 is 0 Å². The maximum Gasteiger partial charge on any atom is 0.213 e. The van der Waals surface area contributed by atoms with Gasteiger partial charge in [0.15, 0.2) is 0 Å². The van der Waals surface area contributed by atoms with Crippen molar-refractivity contribution in [2.24, 2.45) is 0 Å². The molecular weight excluding hydrogens is 456 g/mol. The molecule has 5 rings (SSSR count). The third kappa shape index (κ3) is 5.09. The van der Waals surface area contributed by atoms with Crippen molar-refractivity contribution < 1.29 is 14.6 Å². The summed E-state index contributed by atoms with van der Waals surface area (Å²) in [5, 5.41) is 24.0. The largest absolute Gasteiger partial charge is 0.489 e. The fourth-order valence-corrected chi connectivity index (χ4v) is 4.26. The van der Waals surface area contributed by atoms with E-state index in [0.29, 0.717) is 22.7 Å². The number of nitriles is 1. The Balaban J connectivity index is 1.37. The van der Waals surface area contributed by atoms with Gasteiger partial charge in [0.1, 0.15) is 30.3 Å². The van der Waals surface area contributed by atoms with Crippen molar-refractivity contribution in [3.05, 3.63) is 66.2 Å². The van der Waals surface area contributed by atoms with Gasteiger partial charge in [0.25, 0.3) is 0 Å². The van der Waals surface area contributed by atoms with Crippen LogP contribution in [0.15, 0.2) is 55.0 Å². The fourth-order valence-electron chi connectivity index (χ4n) is 4.26. The number of nitrogens with zero attached hydrogens (tertiary/aromatic N) is 6. The van der Waals surface area contributed by atoms with Gasteiger partial charge in [-0.25, -0.2) is 14.5 Å². The van der Waals surface area contributed by atoms with Gasteiger partial charge in [-0.2, -0.15) is 10.4 Å². The van der Waals surface area contributed by atoms with Gasteiger partial charge in [0.2, 0.25) is 5.88 Å². The molecule has 1 N–H and O–H groups in total. The van der Waals surface area contributed by atoms with Crippen LogP contribution in [0.5, 0.6) is 11.6 Å². The number of aryl methyl sites for hydroxylation is 1.